The fourth-order valence-corrected chi connectivity index (χ4v) is 1.73. The fraction of sp³-hybridized carbons (Fsp3) is 0.0714. The molecule has 20 heavy (non-hydrogen) atoms. The van der Waals surface area contributed by atoms with E-state index in [1.807, 2.05) is 0 Å². The van der Waals surface area contributed by atoms with E-state index >= 15 is 0 Å². The normalized spacial score (nSPS) is 10.4. The molecule has 0 aliphatic carbocycles. The number of aromatic hydroxyl groups is 1. The standard InChI is InChI=1S/C14H10F3NO2/c1-7-4-9(19)2-3-12(7)18-14(20)13-10(16)5-8(15)6-11(13)17/h2-6,19H,1H3,(H,18,20). The summed E-state index contributed by atoms with van der Waals surface area (Å²) in [6.07, 6.45) is 0. The molecule has 1 amide bonds. The van der Waals surface area contributed by atoms with Crippen LogP contribution in [0.1, 0.15) is 15.9 Å². The van der Waals surface area contributed by atoms with Crippen molar-refractivity contribution < 1.29 is 23.1 Å². The van der Waals surface area contributed by atoms with Crippen LogP contribution in [0.5, 0.6) is 5.75 Å². The van der Waals surface area contributed by atoms with Crippen LogP contribution in [0.25, 0.3) is 0 Å². The summed E-state index contributed by atoms with van der Waals surface area (Å²) in [6, 6.07) is 4.96. The van der Waals surface area contributed by atoms with E-state index in [-0.39, 0.29) is 11.4 Å². The molecule has 2 N–H and O–H groups in total. The van der Waals surface area contributed by atoms with Crippen molar-refractivity contribution >= 4 is 11.6 Å². The first-order valence-electron chi connectivity index (χ1n) is 5.64. The Hall–Kier alpha value is -2.50. The van der Waals surface area contributed by atoms with Gasteiger partial charge in [0.05, 0.1) is 0 Å². The van der Waals surface area contributed by atoms with Gasteiger partial charge in [0.1, 0.15) is 28.8 Å². The first kappa shape index (κ1) is 13.9. The molecule has 2 aromatic rings. The van der Waals surface area contributed by atoms with Crippen molar-refractivity contribution in [3.05, 3.63) is 58.9 Å². The molecule has 0 bridgehead atoms. The fourth-order valence-electron chi connectivity index (χ4n) is 1.73. The van der Waals surface area contributed by atoms with Crippen molar-refractivity contribution in [3.63, 3.8) is 0 Å². The highest BCUT2D eigenvalue weighted by Crippen LogP contribution is 2.22. The number of halogens is 3. The van der Waals surface area contributed by atoms with E-state index in [1.54, 1.807) is 6.92 Å². The molecule has 2 rings (SSSR count). The molecule has 0 fully saturated rings. The Morgan fingerprint density at radius 2 is 1.70 bits per heavy atom. The van der Waals surface area contributed by atoms with E-state index < -0.39 is 28.9 Å². The highest BCUT2D eigenvalue weighted by molar-refractivity contribution is 6.05. The van der Waals surface area contributed by atoms with Crippen LogP contribution in [0.2, 0.25) is 0 Å². The van der Waals surface area contributed by atoms with E-state index in [1.165, 1.54) is 18.2 Å². The predicted octanol–water partition coefficient (Wildman–Crippen LogP) is 3.37. The summed E-state index contributed by atoms with van der Waals surface area (Å²) in [6.45, 7) is 1.60. The van der Waals surface area contributed by atoms with Gasteiger partial charge in [-0.1, -0.05) is 0 Å². The smallest absolute Gasteiger partial charge is 0.261 e. The van der Waals surface area contributed by atoms with Gasteiger partial charge in [-0.2, -0.15) is 0 Å². The zero-order valence-corrected chi connectivity index (χ0v) is 10.4. The largest absolute Gasteiger partial charge is 0.508 e. The number of hydrogen-bond donors (Lipinski definition) is 2. The number of anilines is 1. The summed E-state index contributed by atoms with van der Waals surface area (Å²) in [5, 5.41) is 11.5. The molecular weight excluding hydrogens is 271 g/mol. The lowest BCUT2D eigenvalue weighted by molar-refractivity contribution is 0.101. The van der Waals surface area contributed by atoms with Crippen LogP contribution in [-0.2, 0) is 0 Å². The monoisotopic (exact) mass is 281 g/mol. The SMILES string of the molecule is Cc1cc(O)ccc1NC(=O)c1c(F)cc(F)cc1F. The van der Waals surface area contributed by atoms with Crippen LogP contribution in [0, 0.1) is 24.4 Å². The summed E-state index contributed by atoms with van der Waals surface area (Å²) in [5.74, 6) is -4.70. The zero-order valence-electron chi connectivity index (χ0n) is 10.4. The number of phenols is 1. The number of phenolic OH excluding ortho intramolecular Hbond substituents is 1. The van der Waals surface area contributed by atoms with Crippen molar-refractivity contribution in [3.8, 4) is 5.75 Å². The van der Waals surface area contributed by atoms with E-state index in [2.05, 4.69) is 5.32 Å². The minimum atomic E-state index is -1.28. The lowest BCUT2D eigenvalue weighted by Gasteiger charge is -2.10. The molecule has 2 aromatic carbocycles. The molecule has 0 spiro atoms. The molecule has 0 aromatic heterocycles. The van der Waals surface area contributed by atoms with Crippen LogP contribution in [0.4, 0.5) is 18.9 Å². The topological polar surface area (TPSA) is 49.3 Å². The Morgan fingerprint density at radius 3 is 2.25 bits per heavy atom. The lowest BCUT2D eigenvalue weighted by atomic mass is 10.1. The highest BCUT2D eigenvalue weighted by atomic mass is 19.1. The summed E-state index contributed by atoms with van der Waals surface area (Å²) in [7, 11) is 0. The number of benzene rings is 2. The van der Waals surface area contributed by atoms with E-state index in [0.29, 0.717) is 17.7 Å². The highest BCUT2D eigenvalue weighted by Gasteiger charge is 2.19. The molecule has 0 saturated heterocycles. The summed E-state index contributed by atoms with van der Waals surface area (Å²) in [4.78, 5) is 11.8. The average Bonchev–Trinajstić information content (AvgIpc) is 2.31. The molecule has 0 radical (unpaired) electrons. The summed E-state index contributed by atoms with van der Waals surface area (Å²) in [5.41, 5.74) is -0.0592. The van der Waals surface area contributed by atoms with Crippen LogP contribution < -0.4 is 5.32 Å². The van der Waals surface area contributed by atoms with Crippen LogP contribution >= 0.6 is 0 Å². The van der Waals surface area contributed by atoms with Gasteiger partial charge >= 0.3 is 0 Å². The van der Waals surface area contributed by atoms with Crippen molar-refractivity contribution in [2.75, 3.05) is 5.32 Å². The first-order chi connectivity index (χ1) is 9.38. The molecule has 0 saturated carbocycles. The number of carbonyl (C=O) groups is 1. The maximum absolute atomic E-state index is 13.4. The van der Waals surface area contributed by atoms with E-state index in [0.717, 1.165) is 0 Å². The van der Waals surface area contributed by atoms with Crippen molar-refractivity contribution in [1.82, 2.24) is 0 Å². The quantitative estimate of drug-likeness (QED) is 0.829. The molecule has 0 heterocycles. The van der Waals surface area contributed by atoms with Gasteiger partial charge < -0.3 is 10.4 Å². The molecule has 0 aliphatic heterocycles. The van der Waals surface area contributed by atoms with Crippen LogP contribution in [0.15, 0.2) is 30.3 Å². The van der Waals surface area contributed by atoms with Gasteiger partial charge in [0.2, 0.25) is 0 Å². The molecular formula is C14H10F3NO2. The van der Waals surface area contributed by atoms with Gasteiger partial charge in [0.15, 0.2) is 0 Å². The Kier molecular flexibility index (Phi) is 3.65. The number of hydrogen-bond acceptors (Lipinski definition) is 2. The maximum Gasteiger partial charge on any atom is 0.261 e. The van der Waals surface area contributed by atoms with Gasteiger partial charge in [0, 0.05) is 17.8 Å². The first-order valence-corrected chi connectivity index (χ1v) is 5.64. The van der Waals surface area contributed by atoms with Crippen molar-refractivity contribution in [2.45, 2.75) is 6.92 Å². The van der Waals surface area contributed by atoms with Gasteiger partial charge in [-0.3, -0.25) is 4.79 Å². The van der Waals surface area contributed by atoms with Gasteiger partial charge in [-0.15, -0.1) is 0 Å². The molecule has 0 unspecified atom stereocenters. The van der Waals surface area contributed by atoms with Crippen molar-refractivity contribution in [1.29, 1.82) is 0 Å². The number of amides is 1. The van der Waals surface area contributed by atoms with Gasteiger partial charge in [0.25, 0.3) is 5.91 Å². The van der Waals surface area contributed by atoms with Gasteiger partial charge in [-0.25, -0.2) is 13.2 Å². The number of carbonyl (C=O) groups excluding carboxylic acids is 1. The minimum absolute atomic E-state index is 0.000331. The van der Waals surface area contributed by atoms with E-state index in [4.69, 9.17) is 0 Å². The number of aryl methyl sites for hydroxylation is 1. The maximum atomic E-state index is 13.4. The minimum Gasteiger partial charge on any atom is -0.508 e. The molecule has 3 nitrogen and oxygen atoms in total. The van der Waals surface area contributed by atoms with E-state index in [9.17, 15) is 23.1 Å². The van der Waals surface area contributed by atoms with Crippen LogP contribution in [-0.4, -0.2) is 11.0 Å². The molecule has 0 atom stereocenters. The Balaban J connectivity index is 2.33. The van der Waals surface area contributed by atoms with Gasteiger partial charge in [-0.05, 0) is 30.7 Å². The number of rotatable bonds is 2. The average molecular weight is 281 g/mol. The number of nitrogens with one attached hydrogen (secondary N) is 1. The Labute approximate surface area is 112 Å². The molecule has 0 aliphatic rings. The third kappa shape index (κ3) is 2.74. The predicted molar refractivity (Wildman–Crippen MR) is 67.1 cm³/mol. The second-order valence-corrected chi connectivity index (χ2v) is 4.20. The lowest BCUT2D eigenvalue weighted by Crippen LogP contribution is -2.16. The third-order valence-corrected chi connectivity index (χ3v) is 2.69. The summed E-state index contributed by atoms with van der Waals surface area (Å²) >= 11 is 0. The Bertz CT molecular complexity index is 663. The molecule has 104 valence electrons. The van der Waals surface area contributed by atoms with Crippen molar-refractivity contribution in [2.24, 2.45) is 0 Å². The zero-order chi connectivity index (χ0) is 14.9. The second-order valence-electron chi connectivity index (χ2n) is 4.20. The molecule has 6 heteroatoms. The summed E-state index contributed by atoms with van der Waals surface area (Å²) < 4.78 is 39.7. The Morgan fingerprint density at radius 1 is 1.10 bits per heavy atom. The third-order valence-electron chi connectivity index (χ3n) is 2.69. The second kappa shape index (κ2) is 5.24. The van der Waals surface area contributed by atoms with Crippen LogP contribution in [0.3, 0.4) is 0 Å².